The summed E-state index contributed by atoms with van der Waals surface area (Å²) < 4.78 is 5.98. The van der Waals surface area contributed by atoms with Crippen LogP contribution in [0.15, 0.2) is 17.1 Å². The lowest BCUT2D eigenvalue weighted by atomic mass is 10.1. The summed E-state index contributed by atoms with van der Waals surface area (Å²) in [5, 5.41) is 0. The van der Waals surface area contributed by atoms with E-state index in [-0.39, 0.29) is 0 Å². The van der Waals surface area contributed by atoms with Gasteiger partial charge in [0.25, 0.3) is 0 Å². The van der Waals surface area contributed by atoms with Crippen LogP contribution in [-0.2, 0) is 4.74 Å². The Labute approximate surface area is 146 Å². The average Bonchev–Trinajstić information content (AvgIpc) is 3.14. The summed E-state index contributed by atoms with van der Waals surface area (Å²) in [5.41, 5.74) is 5.21. The minimum atomic E-state index is 0.611. The first kappa shape index (κ1) is 17.3. The zero-order valence-corrected chi connectivity index (χ0v) is 15.5. The quantitative estimate of drug-likeness (QED) is 0.618. The Kier molecular flexibility index (Phi) is 5.77. The molecule has 0 aromatic heterocycles. The van der Waals surface area contributed by atoms with Crippen molar-refractivity contribution in [3.05, 3.63) is 23.3 Å². The first-order chi connectivity index (χ1) is 11.7. The molecule has 0 spiro atoms. The molecule has 132 valence electrons. The molecule has 0 radical (unpaired) electrons. The van der Waals surface area contributed by atoms with E-state index in [4.69, 9.17) is 9.73 Å². The number of hydrogen-bond donors (Lipinski definition) is 0. The van der Waals surface area contributed by atoms with Gasteiger partial charge in [-0.1, -0.05) is 39.0 Å². The second kappa shape index (κ2) is 8.02. The fourth-order valence-electron chi connectivity index (χ4n) is 3.49. The highest BCUT2D eigenvalue weighted by molar-refractivity contribution is 6.17. The van der Waals surface area contributed by atoms with Crippen molar-refractivity contribution in [1.82, 2.24) is 0 Å². The summed E-state index contributed by atoms with van der Waals surface area (Å²) in [6.45, 7) is 9.94. The maximum absolute atomic E-state index is 5.98. The van der Waals surface area contributed by atoms with Gasteiger partial charge in [0.2, 0.25) is 5.96 Å². The number of unbranched alkanes of at least 4 members (excludes halogenated alkanes) is 5. The monoisotopic (exact) mass is 329 g/mol. The van der Waals surface area contributed by atoms with Gasteiger partial charge in [0.1, 0.15) is 6.73 Å². The maximum atomic E-state index is 5.98. The van der Waals surface area contributed by atoms with Crippen molar-refractivity contribution in [3.8, 4) is 0 Å². The SMILES string of the molecule is CCCCCCCCOCN1C2=NCCN2c2cc(C)c(C)cc21. The number of benzene rings is 1. The van der Waals surface area contributed by atoms with Crippen molar-refractivity contribution in [2.45, 2.75) is 59.3 Å². The fraction of sp³-hybridized carbons (Fsp3) is 0.650. The molecule has 2 aliphatic heterocycles. The van der Waals surface area contributed by atoms with Gasteiger partial charge in [0, 0.05) is 13.2 Å². The summed E-state index contributed by atoms with van der Waals surface area (Å²) in [7, 11) is 0. The van der Waals surface area contributed by atoms with Crippen molar-refractivity contribution >= 4 is 17.3 Å². The van der Waals surface area contributed by atoms with Gasteiger partial charge in [0.15, 0.2) is 0 Å². The van der Waals surface area contributed by atoms with E-state index in [1.807, 2.05) is 0 Å². The van der Waals surface area contributed by atoms with E-state index in [0.717, 1.165) is 32.1 Å². The van der Waals surface area contributed by atoms with Gasteiger partial charge in [-0.2, -0.15) is 0 Å². The normalized spacial score (nSPS) is 15.7. The summed E-state index contributed by atoms with van der Waals surface area (Å²) >= 11 is 0. The van der Waals surface area contributed by atoms with Crippen molar-refractivity contribution in [3.63, 3.8) is 0 Å². The van der Waals surface area contributed by atoms with Crippen LogP contribution in [0.3, 0.4) is 0 Å². The van der Waals surface area contributed by atoms with Crippen LogP contribution in [-0.4, -0.2) is 32.4 Å². The molecule has 0 atom stereocenters. The molecule has 2 aliphatic rings. The molecule has 24 heavy (non-hydrogen) atoms. The second-order valence-electron chi connectivity index (χ2n) is 6.99. The van der Waals surface area contributed by atoms with E-state index in [9.17, 15) is 0 Å². The number of hydrogen-bond acceptors (Lipinski definition) is 4. The Hall–Kier alpha value is -1.55. The molecule has 1 aromatic rings. The summed E-state index contributed by atoms with van der Waals surface area (Å²) in [6.07, 6.45) is 7.81. The first-order valence-electron chi connectivity index (χ1n) is 9.51. The van der Waals surface area contributed by atoms with E-state index in [2.05, 4.69) is 42.7 Å². The molecule has 0 amide bonds. The number of anilines is 2. The largest absolute Gasteiger partial charge is 0.361 e. The lowest BCUT2D eigenvalue weighted by Crippen LogP contribution is -2.36. The van der Waals surface area contributed by atoms with Crippen LogP contribution in [0, 0.1) is 13.8 Å². The number of rotatable bonds is 9. The highest BCUT2D eigenvalue weighted by Gasteiger charge is 2.35. The van der Waals surface area contributed by atoms with E-state index >= 15 is 0 Å². The highest BCUT2D eigenvalue weighted by Crippen LogP contribution is 2.40. The van der Waals surface area contributed by atoms with Crippen LogP contribution in [0.5, 0.6) is 0 Å². The molecule has 0 saturated heterocycles. The third-order valence-electron chi connectivity index (χ3n) is 5.09. The molecular weight excluding hydrogens is 298 g/mol. The second-order valence-corrected chi connectivity index (χ2v) is 6.99. The molecule has 0 bridgehead atoms. The third kappa shape index (κ3) is 3.59. The number of fused-ring (bicyclic) bond motifs is 3. The van der Waals surface area contributed by atoms with Gasteiger partial charge in [-0.25, -0.2) is 0 Å². The number of guanidine groups is 1. The Morgan fingerprint density at radius 1 is 1.00 bits per heavy atom. The van der Waals surface area contributed by atoms with E-state index in [1.54, 1.807) is 0 Å². The van der Waals surface area contributed by atoms with Gasteiger partial charge < -0.3 is 9.64 Å². The topological polar surface area (TPSA) is 28.1 Å². The standard InChI is InChI=1S/C20H31N3O/c1-4-5-6-7-8-9-12-24-15-23-19-14-17(3)16(2)13-18(19)22-11-10-21-20(22)23/h13-14H,4-12,15H2,1-3H3. The molecule has 4 heteroatoms. The lowest BCUT2D eigenvalue weighted by molar-refractivity contribution is 0.137. The molecular formula is C20H31N3O. The van der Waals surface area contributed by atoms with Crippen molar-refractivity contribution < 1.29 is 4.74 Å². The number of aryl methyl sites for hydroxylation is 2. The van der Waals surface area contributed by atoms with Gasteiger partial charge in [-0.15, -0.1) is 0 Å². The minimum absolute atomic E-state index is 0.611. The van der Waals surface area contributed by atoms with Crippen LogP contribution in [0.2, 0.25) is 0 Å². The van der Waals surface area contributed by atoms with E-state index in [0.29, 0.717) is 6.73 Å². The summed E-state index contributed by atoms with van der Waals surface area (Å²) in [4.78, 5) is 9.26. The first-order valence-corrected chi connectivity index (χ1v) is 9.51. The Morgan fingerprint density at radius 3 is 2.50 bits per heavy atom. The van der Waals surface area contributed by atoms with Crippen molar-refractivity contribution in [2.24, 2.45) is 4.99 Å². The molecule has 1 aromatic carbocycles. The predicted molar refractivity (Wildman–Crippen MR) is 102 cm³/mol. The van der Waals surface area contributed by atoms with Crippen LogP contribution in [0.4, 0.5) is 11.4 Å². The fourth-order valence-corrected chi connectivity index (χ4v) is 3.49. The van der Waals surface area contributed by atoms with Gasteiger partial charge >= 0.3 is 0 Å². The molecule has 3 rings (SSSR count). The number of aliphatic imine (C=N–C) groups is 1. The Balaban J connectivity index is 1.54. The molecule has 0 fully saturated rings. The zero-order chi connectivity index (χ0) is 16.9. The van der Waals surface area contributed by atoms with Crippen molar-refractivity contribution in [2.75, 3.05) is 36.2 Å². The lowest BCUT2D eigenvalue weighted by Gasteiger charge is -2.19. The molecule has 0 aliphatic carbocycles. The minimum Gasteiger partial charge on any atom is -0.361 e. The molecule has 0 unspecified atom stereocenters. The van der Waals surface area contributed by atoms with Crippen LogP contribution in [0.25, 0.3) is 0 Å². The number of ether oxygens (including phenoxy) is 1. The summed E-state index contributed by atoms with van der Waals surface area (Å²) in [5.74, 6) is 1.07. The molecule has 0 saturated carbocycles. The van der Waals surface area contributed by atoms with E-state index < -0.39 is 0 Å². The van der Waals surface area contributed by atoms with Gasteiger partial charge in [0.05, 0.1) is 17.9 Å². The average molecular weight is 329 g/mol. The maximum Gasteiger partial charge on any atom is 0.207 e. The van der Waals surface area contributed by atoms with Crippen LogP contribution >= 0.6 is 0 Å². The smallest absolute Gasteiger partial charge is 0.207 e. The molecule has 4 nitrogen and oxygen atoms in total. The molecule has 0 N–H and O–H groups in total. The van der Waals surface area contributed by atoms with Crippen LogP contribution < -0.4 is 9.80 Å². The predicted octanol–water partition coefficient (Wildman–Crippen LogP) is 4.63. The Morgan fingerprint density at radius 2 is 1.71 bits per heavy atom. The molecule has 2 heterocycles. The number of nitrogens with zero attached hydrogens (tertiary/aromatic N) is 3. The zero-order valence-electron chi connectivity index (χ0n) is 15.5. The third-order valence-corrected chi connectivity index (χ3v) is 5.09. The highest BCUT2D eigenvalue weighted by atomic mass is 16.5. The Bertz CT molecular complexity index is 597. The van der Waals surface area contributed by atoms with E-state index in [1.165, 1.54) is 54.6 Å². The van der Waals surface area contributed by atoms with Gasteiger partial charge in [-0.05, 0) is 43.5 Å². The van der Waals surface area contributed by atoms with Crippen LogP contribution in [0.1, 0.15) is 56.6 Å². The summed E-state index contributed by atoms with van der Waals surface area (Å²) in [6, 6.07) is 4.57. The van der Waals surface area contributed by atoms with Gasteiger partial charge in [-0.3, -0.25) is 9.89 Å². The van der Waals surface area contributed by atoms with Crippen molar-refractivity contribution in [1.29, 1.82) is 0 Å².